The molecule has 2 aromatic carbocycles. The number of benzene rings is 2. The first-order chi connectivity index (χ1) is 30.9. The Labute approximate surface area is 364 Å². The lowest BCUT2D eigenvalue weighted by Crippen LogP contribution is -2.42. The van der Waals surface area contributed by atoms with Gasteiger partial charge in [-0.25, -0.2) is 40.7 Å². The minimum absolute atomic E-state index is 0.0125. The number of hydrogen-bond donors (Lipinski definition) is 1. The van der Waals surface area contributed by atoms with Crippen LogP contribution < -0.4 is 29.8 Å². The monoisotopic (exact) mass is 916 g/mol. The standard InChI is InChI=1S/C23H23F3N4O6.C18H15F3N4O4/c1-23(2,3)36-22(33)30(17-6-9-34-27-17)12-14-11-29(21(32)35-14)16-10-15(24)20(19(26)18(16)25)28-7-4-13(31)5-8-28;19-12-7-13(15(20)16(21)17(12)24-4-1-10(26)2-5-24)25-9-11(29-18(25)27)8-22-14-3-6-28-23-14/h4,6-7,9-10,14H,5,8,11-12H2,1-3H3;1,3-4,6-7,11H,2,5,8-9H2,(H,22,23)/t14-;11-/m10/s1. The molecule has 2 saturated heterocycles. The highest BCUT2D eigenvalue weighted by atomic mass is 19.2. The van der Waals surface area contributed by atoms with Crippen LogP contribution in [0.15, 0.2) is 70.4 Å². The van der Waals surface area contributed by atoms with Crippen molar-refractivity contribution in [2.45, 2.75) is 51.4 Å². The number of allylic oxidation sites excluding steroid dienone is 2. The Morgan fingerprint density at radius 1 is 0.754 bits per heavy atom. The predicted octanol–water partition coefficient (Wildman–Crippen LogP) is 6.97. The van der Waals surface area contributed by atoms with Crippen LogP contribution >= 0.6 is 0 Å². The van der Waals surface area contributed by atoms with Gasteiger partial charge in [-0.1, -0.05) is 10.3 Å². The second-order valence-electron chi connectivity index (χ2n) is 15.6. The molecule has 0 spiro atoms. The van der Waals surface area contributed by atoms with Crippen molar-refractivity contribution in [1.82, 2.24) is 10.3 Å². The van der Waals surface area contributed by atoms with Gasteiger partial charge in [0.1, 0.15) is 41.7 Å². The highest BCUT2D eigenvalue weighted by Crippen LogP contribution is 2.37. The van der Waals surface area contributed by atoms with E-state index in [4.69, 9.17) is 18.7 Å². The minimum atomic E-state index is -1.52. The molecule has 2 fully saturated rings. The van der Waals surface area contributed by atoms with Crippen LogP contribution in [0.4, 0.5) is 75.1 Å². The summed E-state index contributed by atoms with van der Waals surface area (Å²) in [5.41, 5.74) is -3.36. The van der Waals surface area contributed by atoms with Crippen molar-refractivity contribution >= 4 is 64.2 Å². The summed E-state index contributed by atoms with van der Waals surface area (Å²) >= 11 is 0. The van der Waals surface area contributed by atoms with Gasteiger partial charge in [0.2, 0.25) is 0 Å². The van der Waals surface area contributed by atoms with Crippen molar-refractivity contribution in [2.75, 3.05) is 69.1 Å². The first-order valence-corrected chi connectivity index (χ1v) is 19.7. The van der Waals surface area contributed by atoms with Crippen LogP contribution in [-0.2, 0) is 23.8 Å². The number of carbonyl (C=O) groups excluding carboxylic acids is 5. The molecule has 1 N–H and O–H groups in total. The highest BCUT2D eigenvalue weighted by Gasteiger charge is 2.40. The number of nitrogens with one attached hydrogen (secondary N) is 1. The molecular weight excluding hydrogens is 878 g/mol. The molecule has 344 valence electrons. The van der Waals surface area contributed by atoms with E-state index in [1.54, 1.807) is 26.8 Å². The fraction of sp³-hybridized carbons (Fsp3) is 0.341. The molecule has 0 aliphatic carbocycles. The van der Waals surface area contributed by atoms with Crippen molar-refractivity contribution in [1.29, 1.82) is 0 Å². The molecule has 65 heavy (non-hydrogen) atoms. The smallest absolute Gasteiger partial charge is 0.416 e. The number of amides is 3. The van der Waals surface area contributed by atoms with E-state index in [-0.39, 0.29) is 69.5 Å². The highest BCUT2D eigenvalue weighted by molar-refractivity contribution is 5.94. The number of ketones is 2. The fourth-order valence-electron chi connectivity index (χ4n) is 6.85. The van der Waals surface area contributed by atoms with Gasteiger partial charge in [-0.15, -0.1) is 0 Å². The average Bonchev–Trinajstić information content (AvgIpc) is 4.09. The summed E-state index contributed by atoms with van der Waals surface area (Å²) in [6, 6.07) is 4.38. The summed E-state index contributed by atoms with van der Waals surface area (Å²) in [6.45, 7) is 4.44. The van der Waals surface area contributed by atoms with Crippen LogP contribution in [0.25, 0.3) is 0 Å². The fourth-order valence-corrected chi connectivity index (χ4v) is 6.85. The van der Waals surface area contributed by atoms with E-state index >= 15 is 4.39 Å². The Morgan fingerprint density at radius 2 is 1.26 bits per heavy atom. The van der Waals surface area contributed by atoms with Crippen molar-refractivity contribution in [2.24, 2.45) is 0 Å². The zero-order valence-electron chi connectivity index (χ0n) is 34.6. The Hall–Kier alpha value is -7.53. The van der Waals surface area contributed by atoms with E-state index in [2.05, 4.69) is 20.2 Å². The van der Waals surface area contributed by atoms with Crippen LogP contribution in [0.2, 0.25) is 0 Å². The first kappa shape index (κ1) is 45.5. The lowest BCUT2D eigenvalue weighted by atomic mass is 10.1. The summed E-state index contributed by atoms with van der Waals surface area (Å²) in [7, 11) is 0. The second-order valence-corrected chi connectivity index (χ2v) is 15.6. The van der Waals surface area contributed by atoms with E-state index in [1.165, 1.54) is 37.1 Å². The van der Waals surface area contributed by atoms with E-state index in [9.17, 15) is 45.9 Å². The average molecular weight is 917 g/mol. The predicted molar refractivity (Wildman–Crippen MR) is 215 cm³/mol. The maximum Gasteiger partial charge on any atom is 0.416 e. The summed E-state index contributed by atoms with van der Waals surface area (Å²) < 4.78 is 114. The topological polar surface area (TPSA) is 193 Å². The number of rotatable bonds is 10. The van der Waals surface area contributed by atoms with Crippen molar-refractivity contribution in [3.8, 4) is 0 Å². The summed E-state index contributed by atoms with van der Waals surface area (Å²) in [4.78, 5) is 64.8. The van der Waals surface area contributed by atoms with E-state index in [0.717, 1.165) is 36.6 Å². The first-order valence-electron chi connectivity index (χ1n) is 19.7. The number of hydrogen-bond acceptors (Lipinski definition) is 15. The molecule has 0 saturated carbocycles. The van der Waals surface area contributed by atoms with Gasteiger partial charge < -0.3 is 38.4 Å². The van der Waals surface area contributed by atoms with Crippen molar-refractivity contribution < 1.29 is 73.6 Å². The lowest BCUT2D eigenvalue weighted by molar-refractivity contribution is -0.115. The molecular formula is C41H38F6N8O10. The van der Waals surface area contributed by atoms with Gasteiger partial charge >= 0.3 is 18.3 Å². The van der Waals surface area contributed by atoms with Gasteiger partial charge in [0.25, 0.3) is 0 Å². The van der Waals surface area contributed by atoms with Gasteiger partial charge in [-0.2, -0.15) is 0 Å². The molecule has 24 heteroatoms. The number of aromatic nitrogens is 2. The number of halogens is 6. The maximum absolute atomic E-state index is 15.0. The molecule has 4 aromatic rings. The zero-order chi connectivity index (χ0) is 46.7. The summed E-state index contributed by atoms with van der Waals surface area (Å²) in [5, 5.41) is 10.2. The molecule has 4 aliphatic heterocycles. The van der Waals surface area contributed by atoms with Crippen molar-refractivity contribution in [3.05, 3.63) is 96.2 Å². The molecule has 3 amide bonds. The Morgan fingerprint density at radius 3 is 1.72 bits per heavy atom. The number of anilines is 6. The van der Waals surface area contributed by atoms with Crippen LogP contribution in [0.1, 0.15) is 33.6 Å². The van der Waals surface area contributed by atoms with E-state index in [0.29, 0.717) is 11.9 Å². The normalized spacial score (nSPS) is 18.5. The summed E-state index contributed by atoms with van der Waals surface area (Å²) in [6.07, 6.45) is 2.83. The molecule has 2 aromatic heterocycles. The lowest BCUT2D eigenvalue weighted by Gasteiger charge is -2.27. The Balaban J connectivity index is 0.000000198. The number of ether oxygens (including phenoxy) is 3. The zero-order valence-corrected chi connectivity index (χ0v) is 34.6. The van der Waals surface area contributed by atoms with Gasteiger partial charge in [0.15, 0.2) is 58.1 Å². The molecule has 18 nitrogen and oxygen atoms in total. The molecule has 0 unspecified atom stereocenters. The molecule has 2 atom stereocenters. The molecule has 6 heterocycles. The maximum atomic E-state index is 15.0. The number of nitrogens with zero attached hydrogens (tertiary/aromatic N) is 7. The van der Waals surface area contributed by atoms with Crippen LogP contribution in [0.5, 0.6) is 0 Å². The van der Waals surface area contributed by atoms with Gasteiger partial charge in [-0.3, -0.25) is 24.3 Å². The van der Waals surface area contributed by atoms with E-state index < -0.39 is 93.7 Å². The van der Waals surface area contributed by atoms with Crippen LogP contribution in [0, 0.1) is 34.9 Å². The molecule has 0 bridgehead atoms. The van der Waals surface area contributed by atoms with Gasteiger partial charge in [0, 0.05) is 62.6 Å². The van der Waals surface area contributed by atoms with Crippen molar-refractivity contribution in [3.63, 3.8) is 0 Å². The SMILES string of the molecule is CC(C)(C)OC(=O)N(C[C@H]1CN(c2cc(F)c(N3C=CC(=O)CC3)c(F)c2F)C(=O)O1)c1ccon1.O=C1C=CN(c2c(F)cc(N3C[C@H](CNc4ccon4)OC3=O)c(F)c2F)CC1. The molecule has 0 radical (unpaired) electrons. The third kappa shape index (κ3) is 10.2. The Bertz CT molecular complexity index is 2540. The largest absolute Gasteiger partial charge is 0.443 e. The quantitative estimate of drug-likeness (QED) is 0.0973. The molecule has 4 aliphatic rings. The van der Waals surface area contributed by atoms with Gasteiger partial charge in [0.05, 0.1) is 37.6 Å². The van der Waals surface area contributed by atoms with Gasteiger partial charge in [-0.05, 0) is 32.9 Å². The van der Waals surface area contributed by atoms with Crippen LogP contribution in [0.3, 0.4) is 0 Å². The minimum Gasteiger partial charge on any atom is -0.443 e. The third-order valence-electron chi connectivity index (χ3n) is 9.86. The number of carbonyl (C=O) groups is 5. The summed E-state index contributed by atoms with van der Waals surface area (Å²) in [5.74, 6) is -7.91. The third-order valence-corrected chi connectivity index (χ3v) is 9.86. The second kappa shape index (κ2) is 18.7. The Kier molecular flexibility index (Phi) is 13.1. The van der Waals surface area contributed by atoms with E-state index in [1.807, 2.05) is 0 Å². The number of cyclic esters (lactones) is 2. The van der Waals surface area contributed by atoms with Crippen LogP contribution in [-0.4, -0.2) is 97.2 Å². The molecule has 8 rings (SSSR count).